The predicted octanol–water partition coefficient (Wildman–Crippen LogP) is 3.64. The molecule has 1 atom stereocenters. The van der Waals surface area contributed by atoms with Gasteiger partial charge in [-0.25, -0.2) is 0 Å². The zero-order valence-electron chi connectivity index (χ0n) is 16.9. The molecule has 1 aliphatic rings. The molecule has 1 heterocycles. The molecule has 29 heavy (non-hydrogen) atoms. The van der Waals surface area contributed by atoms with Crippen LogP contribution in [-0.4, -0.2) is 27.4 Å². The first-order chi connectivity index (χ1) is 13.7. The topological polar surface area (TPSA) is 84.5 Å². The Hall–Kier alpha value is -2.67. The summed E-state index contributed by atoms with van der Waals surface area (Å²) in [5.74, 6) is 0.767. The molecule has 1 unspecified atom stereocenters. The molecular weight excluding hydrogens is 388 g/mol. The molecule has 0 fully saturated rings. The van der Waals surface area contributed by atoms with Gasteiger partial charge in [-0.1, -0.05) is 12.1 Å². The molecule has 2 amide bonds. The summed E-state index contributed by atoms with van der Waals surface area (Å²) >= 11 is 0. The first-order valence-electron chi connectivity index (χ1n) is 9.53. The van der Waals surface area contributed by atoms with Crippen molar-refractivity contribution in [3.8, 4) is 5.75 Å². The molecule has 7 heteroatoms. The maximum absolute atomic E-state index is 12.3. The Morgan fingerprint density at radius 2 is 1.97 bits per heavy atom. The molecule has 0 radical (unpaired) electrons. The minimum atomic E-state index is -1.00. The molecule has 2 N–H and O–H groups in total. The number of carbonyl (C=O) groups excluding carboxylic acids is 2. The van der Waals surface area contributed by atoms with Crippen LogP contribution in [0.4, 0.5) is 11.4 Å². The van der Waals surface area contributed by atoms with E-state index in [1.54, 1.807) is 18.2 Å². The molecule has 2 aromatic rings. The van der Waals surface area contributed by atoms with Crippen LogP contribution in [0.25, 0.3) is 0 Å². The number of hydrogen-bond donors (Lipinski definition) is 2. The first-order valence-corrected chi connectivity index (χ1v) is 10.9. The van der Waals surface area contributed by atoms with Crippen LogP contribution >= 0.6 is 0 Å². The lowest BCUT2D eigenvalue weighted by Crippen LogP contribution is -2.23. The van der Waals surface area contributed by atoms with Crippen molar-refractivity contribution in [3.63, 3.8) is 0 Å². The van der Waals surface area contributed by atoms with E-state index in [-0.39, 0.29) is 23.2 Å². The number of hydrogen-bond acceptors (Lipinski definition) is 4. The number of ether oxygens (including phenoxy) is 1. The number of amides is 2. The van der Waals surface area contributed by atoms with Gasteiger partial charge in [0.15, 0.2) is 6.61 Å². The summed E-state index contributed by atoms with van der Waals surface area (Å²) in [7, 11) is -1.00. The molecule has 154 valence electrons. The highest BCUT2D eigenvalue weighted by molar-refractivity contribution is 7.85. The van der Waals surface area contributed by atoms with Gasteiger partial charge in [0.25, 0.3) is 5.91 Å². The Bertz CT molecular complexity index is 950. The Morgan fingerprint density at radius 1 is 1.17 bits per heavy atom. The van der Waals surface area contributed by atoms with E-state index in [9.17, 15) is 13.8 Å². The molecule has 0 bridgehead atoms. The van der Waals surface area contributed by atoms with Crippen molar-refractivity contribution in [3.05, 3.63) is 53.6 Å². The highest BCUT2D eigenvalue weighted by atomic mass is 32.2. The third-order valence-electron chi connectivity index (χ3n) is 4.53. The fourth-order valence-electron chi connectivity index (χ4n) is 2.90. The largest absolute Gasteiger partial charge is 0.484 e. The second-order valence-electron chi connectivity index (χ2n) is 8.01. The van der Waals surface area contributed by atoms with E-state index in [4.69, 9.17) is 4.74 Å². The average molecular weight is 415 g/mol. The lowest BCUT2D eigenvalue weighted by molar-refractivity contribution is -0.118. The van der Waals surface area contributed by atoms with Crippen molar-refractivity contribution in [2.24, 2.45) is 0 Å². The molecule has 0 aliphatic carbocycles. The second-order valence-corrected chi connectivity index (χ2v) is 10.2. The van der Waals surface area contributed by atoms with Crippen LogP contribution in [0.2, 0.25) is 0 Å². The summed E-state index contributed by atoms with van der Waals surface area (Å²) in [5.41, 5.74) is 3.36. The predicted molar refractivity (Wildman–Crippen MR) is 116 cm³/mol. The number of anilines is 2. The lowest BCUT2D eigenvalue weighted by atomic mass is 10.0. The van der Waals surface area contributed by atoms with E-state index >= 15 is 0 Å². The van der Waals surface area contributed by atoms with Crippen molar-refractivity contribution in [2.45, 2.75) is 44.1 Å². The van der Waals surface area contributed by atoms with E-state index in [2.05, 4.69) is 10.6 Å². The highest BCUT2D eigenvalue weighted by Gasteiger charge is 2.19. The van der Waals surface area contributed by atoms with Crippen molar-refractivity contribution in [1.82, 2.24) is 0 Å². The van der Waals surface area contributed by atoms with Gasteiger partial charge in [-0.15, -0.1) is 0 Å². The van der Waals surface area contributed by atoms with Crippen molar-refractivity contribution < 1.29 is 18.5 Å². The molecule has 0 aromatic heterocycles. The Labute approximate surface area is 173 Å². The number of aryl methyl sites for hydroxylation is 1. The number of nitrogens with one attached hydrogen (secondary N) is 2. The minimum absolute atomic E-state index is 0.0131. The van der Waals surface area contributed by atoms with E-state index in [1.165, 1.54) is 0 Å². The average Bonchev–Trinajstić information content (AvgIpc) is 2.66. The summed E-state index contributed by atoms with van der Waals surface area (Å²) in [6.45, 7) is 5.71. The quantitative estimate of drug-likeness (QED) is 0.756. The lowest BCUT2D eigenvalue weighted by Gasteiger charge is -2.18. The van der Waals surface area contributed by atoms with Gasteiger partial charge in [0.1, 0.15) is 5.75 Å². The fraction of sp³-hybridized carbons (Fsp3) is 0.364. The van der Waals surface area contributed by atoms with Gasteiger partial charge in [-0.05, 0) is 68.7 Å². The first kappa shape index (κ1) is 21.0. The van der Waals surface area contributed by atoms with Crippen LogP contribution in [-0.2, 0) is 32.6 Å². The van der Waals surface area contributed by atoms with Gasteiger partial charge in [0, 0.05) is 39.1 Å². The van der Waals surface area contributed by atoms with Gasteiger partial charge in [-0.2, -0.15) is 0 Å². The Morgan fingerprint density at radius 3 is 2.72 bits per heavy atom. The van der Waals surface area contributed by atoms with Gasteiger partial charge in [-0.3, -0.25) is 13.8 Å². The molecular formula is C22H26N2O4S. The number of fused-ring (bicyclic) bond motifs is 1. The van der Waals surface area contributed by atoms with Gasteiger partial charge in [0.05, 0.1) is 0 Å². The van der Waals surface area contributed by atoms with E-state index in [0.717, 1.165) is 16.8 Å². The molecule has 0 spiro atoms. The highest BCUT2D eigenvalue weighted by Crippen LogP contribution is 2.26. The monoisotopic (exact) mass is 414 g/mol. The summed E-state index contributed by atoms with van der Waals surface area (Å²) in [6, 6.07) is 12.8. The van der Waals surface area contributed by atoms with Gasteiger partial charge in [0.2, 0.25) is 5.91 Å². The maximum Gasteiger partial charge on any atom is 0.262 e. The molecule has 3 rings (SSSR count). The Kier molecular flexibility index (Phi) is 6.37. The van der Waals surface area contributed by atoms with Crippen molar-refractivity contribution in [1.29, 1.82) is 0 Å². The number of carbonyl (C=O) groups is 2. The second kappa shape index (κ2) is 8.78. The van der Waals surface area contributed by atoms with Crippen LogP contribution in [0.15, 0.2) is 42.5 Å². The van der Waals surface area contributed by atoms with Crippen LogP contribution < -0.4 is 15.4 Å². The maximum atomic E-state index is 12.3. The SMILES string of the molecule is CC(C)(C)S(=O)Cc1cccc(NC(=O)COc2ccc3c(c2)CCC(=O)N3)c1. The summed E-state index contributed by atoms with van der Waals surface area (Å²) < 4.78 is 17.6. The van der Waals surface area contributed by atoms with Crippen LogP contribution in [0, 0.1) is 0 Å². The van der Waals surface area contributed by atoms with Gasteiger partial charge >= 0.3 is 0 Å². The summed E-state index contributed by atoms with van der Waals surface area (Å²) in [5, 5.41) is 5.63. The molecule has 0 saturated carbocycles. The Balaban J connectivity index is 1.55. The zero-order valence-corrected chi connectivity index (χ0v) is 17.7. The van der Waals surface area contributed by atoms with Crippen LogP contribution in [0.5, 0.6) is 5.75 Å². The standard InChI is InChI=1S/C22H26N2O4S/c1-22(2,3)29(27)14-15-5-4-6-17(11-15)23-21(26)13-28-18-8-9-19-16(12-18)7-10-20(25)24-19/h4-6,8-9,11-12H,7,10,13-14H2,1-3H3,(H,23,26)(H,24,25). The van der Waals surface area contributed by atoms with Gasteiger partial charge < -0.3 is 15.4 Å². The molecule has 0 saturated heterocycles. The molecule has 1 aliphatic heterocycles. The number of rotatable bonds is 6. The molecule has 6 nitrogen and oxygen atoms in total. The fourth-order valence-corrected chi connectivity index (χ4v) is 3.82. The van der Waals surface area contributed by atoms with Crippen molar-refractivity contribution in [2.75, 3.05) is 17.2 Å². The van der Waals surface area contributed by atoms with Crippen LogP contribution in [0.1, 0.15) is 38.3 Å². The summed E-state index contributed by atoms with van der Waals surface area (Å²) in [4.78, 5) is 23.7. The normalized spacial score (nSPS) is 14.5. The van der Waals surface area contributed by atoms with E-state index in [0.29, 0.717) is 30.0 Å². The number of benzene rings is 2. The minimum Gasteiger partial charge on any atom is -0.484 e. The third-order valence-corrected chi connectivity index (χ3v) is 6.50. The summed E-state index contributed by atoms with van der Waals surface area (Å²) in [6.07, 6.45) is 1.11. The third kappa shape index (κ3) is 5.90. The van der Waals surface area contributed by atoms with E-state index in [1.807, 2.05) is 45.0 Å². The zero-order chi connectivity index (χ0) is 21.0. The van der Waals surface area contributed by atoms with E-state index < -0.39 is 10.8 Å². The van der Waals surface area contributed by atoms with Crippen molar-refractivity contribution >= 4 is 34.0 Å². The van der Waals surface area contributed by atoms with Crippen LogP contribution in [0.3, 0.4) is 0 Å². The smallest absolute Gasteiger partial charge is 0.262 e. The molecule has 2 aromatic carbocycles.